The zero-order valence-electron chi connectivity index (χ0n) is 12.9. The van der Waals surface area contributed by atoms with Gasteiger partial charge in [-0.15, -0.1) is 0 Å². The number of aromatic hydroxyl groups is 3. The molecule has 0 amide bonds. The van der Waals surface area contributed by atoms with E-state index >= 15 is 0 Å². The van der Waals surface area contributed by atoms with Crippen LogP contribution >= 0.6 is 0 Å². The van der Waals surface area contributed by atoms with Crippen molar-refractivity contribution in [3.8, 4) is 29.1 Å². The Labute approximate surface area is 134 Å². The molecule has 0 radical (unpaired) electrons. The van der Waals surface area contributed by atoms with Crippen LogP contribution in [0.2, 0.25) is 0 Å². The normalized spacial score (nSPS) is 11.1. The van der Waals surface area contributed by atoms with E-state index in [-0.39, 0.29) is 12.4 Å². The Morgan fingerprint density at radius 3 is 2.39 bits per heavy atom. The Kier molecular flexibility index (Phi) is 4.77. The number of hydrogen-bond acceptors (Lipinski definition) is 5. The molecular weight excluding hydrogens is 294 g/mol. The minimum Gasteiger partial charge on any atom is -0.504 e. The summed E-state index contributed by atoms with van der Waals surface area (Å²) in [6.45, 7) is 3.93. The van der Waals surface area contributed by atoms with Crippen molar-refractivity contribution in [1.82, 2.24) is 0 Å². The zero-order chi connectivity index (χ0) is 17.0. The molecule has 118 valence electrons. The number of allylic oxidation sites excluding steroid dienone is 1. The first kappa shape index (κ1) is 16.2. The molecule has 0 spiro atoms. The summed E-state index contributed by atoms with van der Waals surface area (Å²) in [5.41, 5.74) is 3.51. The van der Waals surface area contributed by atoms with E-state index in [2.05, 4.69) is 6.07 Å². The molecule has 0 aliphatic rings. The fourth-order valence-corrected chi connectivity index (χ4v) is 2.08. The van der Waals surface area contributed by atoms with E-state index in [1.54, 1.807) is 6.92 Å². The molecule has 0 heterocycles. The first-order valence-corrected chi connectivity index (χ1v) is 6.96. The minimum absolute atomic E-state index is 0.242. The van der Waals surface area contributed by atoms with Crippen LogP contribution in [0.4, 0.5) is 0 Å². The van der Waals surface area contributed by atoms with Gasteiger partial charge in [0.1, 0.15) is 12.4 Å². The van der Waals surface area contributed by atoms with Crippen molar-refractivity contribution in [3.63, 3.8) is 0 Å². The van der Waals surface area contributed by atoms with E-state index in [1.165, 1.54) is 12.1 Å². The Morgan fingerprint density at radius 1 is 1.17 bits per heavy atom. The first-order chi connectivity index (χ1) is 10.9. The molecule has 0 saturated heterocycles. The van der Waals surface area contributed by atoms with Crippen LogP contribution in [-0.4, -0.2) is 15.3 Å². The molecular formula is C18H17NO4. The molecule has 0 fully saturated rings. The Hall–Kier alpha value is -3.13. The zero-order valence-corrected chi connectivity index (χ0v) is 12.9. The van der Waals surface area contributed by atoms with Gasteiger partial charge in [-0.25, -0.2) is 0 Å². The average molecular weight is 311 g/mol. The van der Waals surface area contributed by atoms with Crippen molar-refractivity contribution < 1.29 is 20.1 Å². The minimum atomic E-state index is -0.572. The molecule has 5 heteroatoms. The van der Waals surface area contributed by atoms with E-state index < -0.39 is 17.2 Å². The number of phenols is 3. The third kappa shape index (κ3) is 3.95. The summed E-state index contributed by atoms with van der Waals surface area (Å²) in [5, 5.41) is 37.0. The van der Waals surface area contributed by atoms with Gasteiger partial charge in [0.2, 0.25) is 5.75 Å². The number of nitrogens with zero attached hydrogens (tertiary/aromatic N) is 1. The van der Waals surface area contributed by atoms with Gasteiger partial charge < -0.3 is 20.1 Å². The van der Waals surface area contributed by atoms with Gasteiger partial charge in [0.15, 0.2) is 11.5 Å². The summed E-state index contributed by atoms with van der Waals surface area (Å²) < 4.78 is 5.51. The molecule has 5 nitrogen and oxygen atoms in total. The van der Waals surface area contributed by atoms with Gasteiger partial charge in [0.05, 0.1) is 6.07 Å². The highest BCUT2D eigenvalue weighted by Crippen LogP contribution is 2.38. The molecule has 2 aromatic carbocycles. The summed E-state index contributed by atoms with van der Waals surface area (Å²) in [5.74, 6) is -1.20. The van der Waals surface area contributed by atoms with E-state index in [0.717, 1.165) is 16.7 Å². The van der Waals surface area contributed by atoms with Gasteiger partial charge in [-0.2, -0.15) is 5.26 Å². The van der Waals surface area contributed by atoms with Gasteiger partial charge in [0, 0.05) is 17.7 Å². The second-order valence-corrected chi connectivity index (χ2v) is 5.23. The molecule has 2 rings (SSSR count). The monoisotopic (exact) mass is 311 g/mol. The van der Waals surface area contributed by atoms with Gasteiger partial charge in [0.25, 0.3) is 0 Å². The molecule has 0 bridgehead atoms. The number of rotatable bonds is 4. The maximum atomic E-state index is 9.44. The van der Waals surface area contributed by atoms with Crippen molar-refractivity contribution in [2.45, 2.75) is 20.5 Å². The lowest BCUT2D eigenvalue weighted by atomic mass is 10.0. The van der Waals surface area contributed by atoms with Gasteiger partial charge in [-0.05, 0) is 36.6 Å². The topological polar surface area (TPSA) is 93.7 Å². The molecule has 0 atom stereocenters. The van der Waals surface area contributed by atoms with Crippen LogP contribution in [0.5, 0.6) is 23.0 Å². The van der Waals surface area contributed by atoms with E-state index in [9.17, 15) is 15.3 Å². The number of aryl methyl sites for hydroxylation is 1. The molecule has 0 aromatic heterocycles. The summed E-state index contributed by atoms with van der Waals surface area (Å²) in [4.78, 5) is 0. The number of hydrogen-bond donors (Lipinski definition) is 3. The Bertz CT molecular complexity index is 780. The van der Waals surface area contributed by atoms with Crippen LogP contribution < -0.4 is 4.74 Å². The highest BCUT2D eigenvalue weighted by molar-refractivity contribution is 5.59. The van der Waals surface area contributed by atoms with Crippen LogP contribution in [0.3, 0.4) is 0 Å². The highest BCUT2D eigenvalue weighted by atomic mass is 16.5. The van der Waals surface area contributed by atoms with Crippen molar-refractivity contribution in [2.24, 2.45) is 0 Å². The third-order valence-electron chi connectivity index (χ3n) is 3.33. The number of ether oxygens (including phenoxy) is 1. The van der Waals surface area contributed by atoms with Gasteiger partial charge in [-0.1, -0.05) is 18.2 Å². The second-order valence-electron chi connectivity index (χ2n) is 5.23. The van der Waals surface area contributed by atoms with Crippen LogP contribution in [0.1, 0.15) is 23.6 Å². The predicted molar refractivity (Wildman–Crippen MR) is 86.2 cm³/mol. The Morgan fingerprint density at radius 2 is 1.83 bits per heavy atom. The maximum Gasteiger partial charge on any atom is 0.200 e. The van der Waals surface area contributed by atoms with E-state index in [0.29, 0.717) is 5.57 Å². The predicted octanol–water partition coefficient (Wildman–Crippen LogP) is 3.62. The number of benzene rings is 2. The largest absolute Gasteiger partial charge is 0.504 e. The lowest BCUT2D eigenvalue weighted by Gasteiger charge is -2.10. The SMILES string of the molecule is C/C(C#N)=C/c1ccc(COc2cc(O)c(O)c(O)c2)cc1C. The van der Waals surface area contributed by atoms with E-state index in [4.69, 9.17) is 10.00 Å². The molecule has 23 heavy (non-hydrogen) atoms. The summed E-state index contributed by atoms with van der Waals surface area (Å²) >= 11 is 0. The molecule has 0 aliphatic carbocycles. The first-order valence-electron chi connectivity index (χ1n) is 6.96. The number of phenolic OH excluding ortho intramolecular Hbond substituents is 3. The second kappa shape index (κ2) is 6.75. The van der Waals surface area contributed by atoms with Crippen molar-refractivity contribution in [3.05, 3.63) is 52.6 Å². The maximum absolute atomic E-state index is 9.44. The average Bonchev–Trinajstić information content (AvgIpc) is 2.52. The smallest absolute Gasteiger partial charge is 0.200 e. The summed E-state index contributed by atoms with van der Waals surface area (Å²) in [6, 6.07) is 10.3. The lowest BCUT2D eigenvalue weighted by molar-refractivity contribution is 0.298. The van der Waals surface area contributed by atoms with Gasteiger partial charge >= 0.3 is 0 Å². The van der Waals surface area contributed by atoms with Crippen molar-refractivity contribution in [2.75, 3.05) is 0 Å². The molecule has 3 N–H and O–H groups in total. The fraction of sp³-hybridized carbons (Fsp3) is 0.167. The van der Waals surface area contributed by atoms with Crippen LogP contribution in [0, 0.1) is 18.3 Å². The van der Waals surface area contributed by atoms with Crippen LogP contribution in [-0.2, 0) is 6.61 Å². The van der Waals surface area contributed by atoms with Crippen molar-refractivity contribution in [1.29, 1.82) is 5.26 Å². The van der Waals surface area contributed by atoms with Crippen LogP contribution in [0.25, 0.3) is 6.08 Å². The van der Waals surface area contributed by atoms with Crippen molar-refractivity contribution >= 4 is 6.08 Å². The Balaban J connectivity index is 2.13. The standard InChI is InChI=1S/C18H17NO4/c1-11(9-19)5-14-4-3-13(6-12(14)2)10-23-15-7-16(20)18(22)17(21)8-15/h3-8,20-22H,10H2,1-2H3/b11-5-. The molecule has 0 aliphatic heterocycles. The highest BCUT2D eigenvalue weighted by Gasteiger charge is 2.09. The quantitative estimate of drug-likeness (QED) is 0.592. The third-order valence-corrected chi connectivity index (χ3v) is 3.33. The fourth-order valence-electron chi connectivity index (χ4n) is 2.08. The van der Waals surface area contributed by atoms with E-state index in [1.807, 2.05) is 31.2 Å². The lowest BCUT2D eigenvalue weighted by Crippen LogP contribution is -1.96. The molecule has 0 unspecified atom stereocenters. The summed E-state index contributed by atoms with van der Waals surface area (Å²) in [7, 11) is 0. The molecule has 2 aromatic rings. The number of nitriles is 1. The van der Waals surface area contributed by atoms with Gasteiger partial charge in [-0.3, -0.25) is 0 Å². The molecule has 0 saturated carbocycles. The summed E-state index contributed by atoms with van der Waals surface area (Å²) in [6.07, 6.45) is 1.82. The van der Waals surface area contributed by atoms with Crippen LogP contribution in [0.15, 0.2) is 35.9 Å².